The van der Waals surface area contributed by atoms with Crippen molar-refractivity contribution in [3.63, 3.8) is 0 Å². The van der Waals surface area contributed by atoms with E-state index in [9.17, 15) is 9.59 Å². The molecule has 0 aromatic rings. The van der Waals surface area contributed by atoms with Crippen LogP contribution in [0.3, 0.4) is 0 Å². The summed E-state index contributed by atoms with van der Waals surface area (Å²) in [4.78, 5) is 22.7. The molecule has 0 fully saturated rings. The molecule has 0 aromatic heterocycles. The molecule has 1 N–H and O–H groups in total. The molecule has 0 aliphatic heterocycles. The number of amides is 1. The normalized spacial score (nSPS) is 11.4. The summed E-state index contributed by atoms with van der Waals surface area (Å²) in [5, 5.41) is 2.64. The van der Waals surface area contributed by atoms with Gasteiger partial charge in [-0.1, -0.05) is 58.3 Å². The van der Waals surface area contributed by atoms with Crippen molar-refractivity contribution in [1.29, 1.82) is 0 Å². The number of hydrogen-bond donors (Lipinski definition) is 1. The molecule has 0 aromatic carbocycles. The topological polar surface area (TPSA) is 55.4 Å². The van der Waals surface area contributed by atoms with Gasteiger partial charge in [-0.25, -0.2) is 4.79 Å². The molecule has 0 spiro atoms. The van der Waals surface area contributed by atoms with Gasteiger partial charge in [0.1, 0.15) is 6.04 Å². The molecule has 0 radical (unpaired) electrons. The molecular formula is C16H32NNaO3. The van der Waals surface area contributed by atoms with E-state index in [4.69, 9.17) is 0 Å². The molecule has 0 rings (SSSR count). The Morgan fingerprint density at radius 3 is 1.90 bits per heavy atom. The number of unbranched alkanes of at least 4 members (excludes halogenated alkanes) is 8. The van der Waals surface area contributed by atoms with Crippen LogP contribution in [0.25, 0.3) is 0 Å². The Hall–Kier alpha value is -0.0600. The molecule has 0 heterocycles. The summed E-state index contributed by atoms with van der Waals surface area (Å²) >= 11 is 0. The second kappa shape index (κ2) is 16.3. The first-order valence-corrected chi connectivity index (χ1v) is 7.99. The van der Waals surface area contributed by atoms with Gasteiger partial charge in [-0.15, -0.1) is 0 Å². The molecule has 120 valence electrons. The Labute approximate surface area is 152 Å². The van der Waals surface area contributed by atoms with Crippen LogP contribution in [0, 0.1) is 0 Å². The van der Waals surface area contributed by atoms with Crippen LogP contribution in [-0.4, -0.2) is 54.6 Å². The van der Waals surface area contributed by atoms with E-state index in [1.54, 1.807) is 6.92 Å². The summed E-state index contributed by atoms with van der Waals surface area (Å²) in [7, 11) is 1.32. The van der Waals surface area contributed by atoms with E-state index in [2.05, 4.69) is 17.0 Å². The average Bonchev–Trinajstić information content (AvgIpc) is 2.44. The number of methoxy groups -OCH3 is 1. The van der Waals surface area contributed by atoms with Crippen LogP contribution in [0.5, 0.6) is 0 Å². The zero-order valence-corrected chi connectivity index (χ0v) is 13.4. The third-order valence-electron chi connectivity index (χ3n) is 3.44. The molecule has 0 aliphatic rings. The van der Waals surface area contributed by atoms with Gasteiger partial charge in [0, 0.05) is 6.42 Å². The van der Waals surface area contributed by atoms with E-state index in [1.165, 1.54) is 52.1 Å². The molecule has 0 aliphatic carbocycles. The molecule has 1 amide bonds. The summed E-state index contributed by atoms with van der Waals surface area (Å²) < 4.78 is 4.56. The molecule has 4 nitrogen and oxygen atoms in total. The Bertz CT molecular complexity index is 272. The number of ether oxygens (including phenoxy) is 1. The first kappa shape index (κ1) is 23.2. The average molecular weight is 309 g/mol. The van der Waals surface area contributed by atoms with Gasteiger partial charge < -0.3 is 10.1 Å². The molecule has 21 heavy (non-hydrogen) atoms. The summed E-state index contributed by atoms with van der Waals surface area (Å²) in [6.45, 7) is 3.87. The van der Waals surface area contributed by atoms with E-state index < -0.39 is 12.0 Å². The quantitative estimate of drug-likeness (QED) is 0.342. The summed E-state index contributed by atoms with van der Waals surface area (Å²) in [5.41, 5.74) is 0. The van der Waals surface area contributed by atoms with Crippen LogP contribution in [0.15, 0.2) is 0 Å². The second-order valence-corrected chi connectivity index (χ2v) is 5.39. The van der Waals surface area contributed by atoms with Crippen molar-refractivity contribution in [2.24, 2.45) is 0 Å². The van der Waals surface area contributed by atoms with Crippen LogP contribution in [-0.2, 0) is 14.3 Å². The van der Waals surface area contributed by atoms with Crippen molar-refractivity contribution >= 4 is 41.4 Å². The maximum absolute atomic E-state index is 11.6. The number of carbonyl (C=O) groups excluding carboxylic acids is 2. The second-order valence-electron chi connectivity index (χ2n) is 5.39. The van der Waals surface area contributed by atoms with Gasteiger partial charge in [-0.3, -0.25) is 4.79 Å². The summed E-state index contributed by atoms with van der Waals surface area (Å²) in [6, 6.07) is -0.550. The van der Waals surface area contributed by atoms with Gasteiger partial charge in [0.05, 0.1) is 7.11 Å². The maximum atomic E-state index is 11.6. The van der Waals surface area contributed by atoms with Gasteiger partial charge in [0.2, 0.25) is 5.91 Å². The number of hydrogen-bond acceptors (Lipinski definition) is 3. The minimum absolute atomic E-state index is 0. The van der Waals surface area contributed by atoms with E-state index in [0.717, 1.165) is 12.8 Å². The molecule has 0 bridgehead atoms. The molecular weight excluding hydrogens is 277 g/mol. The molecule has 0 saturated carbocycles. The fourth-order valence-corrected chi connectivity index (χ4v) is 2.15. The van der Waals surface area contributed by atoms with Crippen molar-refractivity contribution in [3.8, 4) is 0 Å². The van der Waals surface area contributed by atoms with Crippen LogP contribution < -0.4 is 5.32 Å². The van der Waals surface area contributed by atoms with E-state index >= 15 is 0 Å². The summed E-state index contributed by atoms with van der Waals surface area (Å²) in [6.07, 6.45) is 11.6. The number of nitrogens with one attached hydrogen (secondary N) is 1. The van der Waals surface area contributed by atoms with Crippen molar-refractivity contribution in [3.05, 3.63) is 0 Å². The fraction of sp³-hybridized carbons (Fsp3) is 0.875. The van der Waals surface area contributed by atoms with Crippen molar-refractivity contribution in [2.45, 2.75) is 84.1 Å². The standard InChI is InChI=1S/C16H31NO3.Na.H/c1-4-5-6-7-8-9-10-11-12-13-15(18)17-14(2)16(19)20-3;;/h14H,4-13H2,1-3H3,(H,17,18);;/t14-;;/m0../s1. The van der Waals surface area contributed by atoms with Crippen LogP contribution >= 0.6 is 0 Å². The van der Waals surface area contributed by atoms with Crippen LogP contribution in [0.1, 0.15) is 78.1 Å². The van der Waals surface area contributed by atoms with Crippen molar-refractivity contribution < 1.29 is 14.3 Å². The molecule has 0 saturated heterocycles. The zero-order valence-electron chi connectivity index (χ0n) is 13.4. The first-order valence-electron chi connectivity index (χ1n) is 7.99. The Morgan fingerprint density at radius 1 is 0.952 bits per heavy atom. The van der Waals surface area contributed by atoms with E-state index in [-0.39, 0.29) is 35.5 Å². The predicted octanol–water partition coefficient (Wildman–Crippen LogP) is 2.94. The minimum atomic E-state index is -0.550. The third kappa shape index (κ3) is 14.6. The van der Waals surface area contributed by atoms with Crippen molar-refractivity contribution in [1.82, 2.24) is 5.32 Å². The van der Waals surface area contributed by atoms with E-state index in [0.29, 0.717) is 6.42 Å². The Kier molecular flexibility index (Phi) is 18.0. The van der Waals surface area contributed by atoms with Gasteiger partial charge >= 0.3 is 35.5 Å². The van der Waals surface area contributed by atoms with Gasteiger partial charge in [0.15, 0.2) is 0 Å². The molecule has 1 atom stereocenters. The Balaban J connectivity index is 0. The number of esters is 1. The third-order valence-corrected chi connectivity index (χ3v) is 3.44. The van der Waals surface area contributed by atoms with Gasteiger partial charge in [0.25, 0.3) is 0 Å². The summed E-state index contributed by atoms with van der Waals surface area (Å²) in [5.74, 6) is -0.462. The van der Waals surface area contributed by atoms with Crippen LogP contribution in [0.4, 0.5) is 0 Å². The predicted molar refractivity (Wildman–Crippen MR) is 88.6 cm³/mol. The molecule has 0 unspecified atom stereocenters. The van der Waals surface area contributed by atoms with E-state index in [1.807, 2.05) is 0 Å². The van der Waals surface area contributed by atoms with Crippen molar-refractivity contribution in [2.75, 3.05) is 7.11 Å². The van der Waals surface area contributed by atoms with Gasteiger partial charge in [-0.05, 0) is 13.3 Å². The Morgan fingerprint density at radius 2 is 1.43 bits per heavy atom. The van der Waals surface area contributed by atoms with Crippen LogP contribution in [0.2, 0.25) is 0 Å². The number of rotatable bonds is 12. The number of carbonyl (C=O) groups is 2. The molecule has 5 heteroatoms. The first-order chi connectivity index (χ1) is 9.61. The monoisotopic (exact) mass is 309 g/mol. The zero-order chi connectivity index (χ0) is 15.2. The van der Waals surface area contributed by atoms with Gasteiger partial charge in [-0.2, -0.15) is 0 Å². The SMILES string of the molecule is CCCCCCCCCCCC(=O)N[C@@H](C)C(=O)OC.[NaH]. The fourth-order valence-electron chi connectivity index (χ4n) is 2.15.